The lowest BCUT2D eigenvalue weighted by Gasteiger charge is -2.19. The predicted molar refractivity (Wildman–Crippen MR) is 80.7 cm³/mol. The molecule has 5 nitrogen and oxygen atoms in total. The molecule has 1 saturated carbocycles. The normalized spacial score (nSPS) is 25.0. The highest BCUT2D eigenvalue weighted by Crippen LogP contribution is 2.39. The summed E-state index contributed by atoms with van der Waals surface area (Å²) in [7, 11) is 0. The summed E-state index contributed by atoms with van der Waals surface area (Å²) in [5.41, 5.74) is 0.558. The lowest BCUT2D eigenvalue weighted by atomic mass is 10.0. The molecule has 1 aromatic carbocycles. The van der Waals surface area contributed by atoms with Gasteiger partial charge in [-0.1, -0.05) is 12.2 Å². The molecule has 2 bridgehead atoms. The van der Waals surface area contributed by atoms with Gasteiger partial charge in [-0.2, -0.15) is 0 Å². The highest BCUT2D eigenvalue weighted by atomic mass is 16.7. The molecule has 5 heteroatoms. The van der Waals surface area contributed by atoms with Gasteiger partial charge in [0.05, 0.1) is 6.61 Å². The van der Waals surface area contributed by atoms with Crippen molar-refractivity contribution in [2.24, 2.45) is 11.8 Å². The van der Waals surface area contributed by atoms with Gasteiger partial charge in [0.25, 0.3) is 5.91 Å². The lowest BCUT2D eigenvalue weighted by Crippen LogP contribution is -2.37. The minimum atomic E-state index is -0.742. The number of carbonyl (C=O) groups is 2. The van der Waals surface area contributed by atoms with Crippen molar-refractivity contribution in [2.45, 2.75) is 25.8 Å². The Balaban J connectivity index is 1.57. The number of hydrogen-bond donors (Lipinski definition) is 1. The van der Waals surface area contributed by atoms with Crippen LogP contribution in [0.2, 0.25) is 0 Å². The second-order valence-electron chi connectivity index (χ2n) is 5.67. The van der Waals surface area contributed by atoms with Gasteiger partial charge in [-0.3, -0.25) is 4.79 Å². The van der Waals surface area contributed by atoms with Crippen LogP contribution >= 0.6 is 0 Å². The Hall–Kier alpha value is -2.30. The largest absolute Gasteiger partial charge is 0.513 e. The first kappa shape index (κ1) is 14.6. The topological polar surface area (TPSA) is 64.6 Å². The molecule has 0 heterocycles. The van der Waals surface area contributed by atoms with Crippen LogP contribution in [-0.2, 0) is 4.74 Å². The number of benzene rings is 1. The third-order valence-corrected chi connectivity index (χ3v) is 4.18. The standard InChI is InChI=1S/C17H19NO4/c1-2-21-17(20)22-14-7-5-12(6-8-14)16(19)18-15-10-11-3-4-13(15)9-11/h3-8,11,13,15H,2,9-10H2,1H3,(H,18,19). The summed E-state index contributed by atoms with van der Waals surface area (Å²) in [6.07, 6.45) is 5.88. The quantitative estimate of drug-likeness (QED) is 0.527. The second-order valence-corrected chi connectivity index (χ2v) is 5.67. The molecule has 1 N–H and O–H groups in total. The van der Waals surface area contributed by atoms with E-state index in [-0.39, 0.29) is 18.6 Å². The summed E-state index contributed by atoms with van der Waals surface area (Å²) >= 11 is 0. The number of allylic oxidation sites excluding steroid dienone is 1. The van der Waals surface area contributed by atoms with E-state index < -0.39 is 6.16 Å². The van der Waals surface area contributed by atoms with E-state index in [1.165, 1.54) is 0 Å². The first-order valence-corrected chi connectivity index (χ1v) is 7.59. The number of carbonyl (C=O) groups excluding carboxylic acids is 2. The Morgan fingerprint density at radius 1 is 1.18 bits per heavy atom. The minimum absolute atomic E-state index is 0.0892. The van der Waals surface area contributed by atoms with E-state index in [2.05, 4.69) is 17.5 Å². The van der Waals surface area contributed by atoms with Crippen molar-refractivity contribution >= 4 is 12.1 Å². The van der Waals surface area contributed by atoms with Crippen LogP contribution in [-0.4, -0.2) is 24.7 Å². The molecule has 22 heavy (non-hydrogen) atoms. The summed E-state index contributed by atoms with van der Waals surface area (Å²) in [4.78, 5) is 23.4. The van der Waals surface area contributed by atoms with Crippen LogP contribution in [0.3, 0.4) is 0 Å². The number of amides is 1. The van der Waals surface area contributed by atoms with Crippen LogP contribution in [0.5, 0.6) is 5.75 Å². The van der Waals surface area contributed by atoms with Crippen LogP contribution in [0, 0.1) is 11.8 Å². The maximum absolute atomic E-state index is 12.2. The smallest absolute Gasteiger partial charge is 0.434 e. The molecule has 0 saturated heterocycles. The van der Waals surface area contributed by atoms with Gasteiger partial charge in [0.1, 0.15) is 5.75 Å². The molecule has 0 aliphatic heterocycles. The third-order valence-electron chi connectivity index (χ3n) is 4.18. The van der Waals surface area contributed by atoms with Crippen molar-refractivity contribution in [3.63, 3.8) is 0 Å². The monoisotopic (exact) mass is 301 g/mol. The fourth-order valence-electron chi connectivity index (χ4n) is 3.12. The Morgan fingerprint density at radius 3 is 2.55 bits per heavy atom. The molecule has 116 valence electrons. The average Bonchev–Trinajstić information content (AvgIpc) is 3.10. The number of fused-ring (bicyclic) bond motifs is 2. The van der Waals surface area contributed by atoms with Crippen LogP contribution in [0.25, 0.3) is 0 Å². The number of rotatable bonds is 4. The maximum Gasteiger partial charge on any atom is 0.513 e. The zero-order chi connectivity index (χ0) is 15.5. The van der Waals surface area contributed by atoms with E-state index in [1.54, 1.807) is 31.2 Å². The van der Waals surface area contributed by atoms with E-state index in [4.69, 9.17) is 9.47 Å². The van der Waals surface area contributed by atoms with Gasteiger partial charge in [0, 0.05) is 11.6 Å². The Kier molecular flexibility index (Phi) is 4.13. The fourth-order valence-corrected chi connectivity index (χ4v) is 3.12. The fraction of sp³-hybridized carbons (Fsp3) is 0.412. The van der Waals surface area contributed by atoms with E-state index >= 15 is 0 Å². The number of ether oxygens (including phenoxy) is 2. The first-order valence-electron chi connectivity index (χ1n) is 7.59. The van der Waals surface area contributed by atoms with Gasteiger partial charge in [-0.15, -0.1) is 0 Å². The molecule has 2 aliphatic rings. The molecule has 1 amide bonds. The van der Waals surface area contributed by atoms with Crippen molar-refractivity contribution < 1.29 is 19.1 Å². The molecule has 0 radical (unpaired) electrons. The predicted octanol–water partition coefficient (Wildman–Crippen LogP) is 2.92. The molecular weight excluding hydrogens is 282 g/mol. The molecule has 1 fully saturated rings. The lowest BCUT2D eigenvalue weighted by molar-refractivity contribution is 0.0931. The maximum atomic E-state index is 12.2. The summed E-state index contributed by atoms with van der Waals surface area (Å²) in [6.45, 7) is 1.97. The molecule has 1 aromatic rings. The molecule has 3 rings (SSSR count). The first-order chi connectivity index (χ1) is 10.7. The van der Waals surface area contributed by atoms with Crippen LogP contribution < -0.4 is 10.1 Å². The van der Waals surface area contributed by atoms with E-state index in [9.17, 15) is 9.59 Å². The van der Waals surface area contributed by atoms with E-state index in [1.807, 2.05) is 0 Å². The minimum Gasteiger partial charge on any atom is -0.434 e. The van der Waals surface area contributed by atoms with Crippen molar-refractivity contribution in [3.8, 4) is 5.75 Å². The van der Waals surface area contributed by atoms with Gasteiger partial charge in [0.15, 0.2) is 0 Å². The van der Waals surface area contributed by atoms with Crippen molar-refractivity contribution in [2.75, 3.05) is 6.61 Å². The van der Waals surface area contributed by atoms with Gasteiger partial charge >= 0.3 is 6.16 Å². The molecule has 2 aliphatic carbocycles. The SMILES string of the molecule is CCOC(=O)Oc1ccc(C(=O)NC2CC3C=CC2C3)cc1. The van der Waals surface area contributed by atoms with Gasteiger partial charge < -0.3 is 14.8 Å². The van der Waals surface area contributed by atoms with Crippen molar-refractivity contribution in [3.05, 3.63) is 42.0 Å². The van der Waals surface area contributed by atoms with Crippen molar-refractivity contribution in [1.82, 2.24) is 5.32 Å². The number of nitrogens with one attached hydrogen (secondary N) is 1. The van der Waals surface area contributed by atoms with Crippen LogP contribution in [0.15, 0.2) is 36.4 Å². The van der Waals surface area contributed by atoms with E-state index in [0.29, 0.717) is 23.1 Å². The average molecular weight is 301 g/mol. The van der Waals surface area contributed by atoms with Gasteiger partial charge in [0.2, 0.25) is 0 Å². The van der Waals surface area contributed by atoms with Gasteiger partial charge in [-0.25, -0.2) is 4.79 Å². The Labute approximate surface area is 129 Å². The molecular formula is C17H19NO4. The zero-order valence-corrected chi connectivity index (χ0v) is 12.5. The molecule has 3 atom stereocenters. The highest BCUT2D eigenvalue weighted by molar-refractivity contribution is 5.94. The zero-order valence-electron chi connectivity index (χ0n) is 12.5. The Morgan fingerprint density at radius 2 is 1.95 bits per heavy atom. The van der Waals surface area contributed by atoms with E-state index in [0.717, 1.165) is 12.8 Å². The third kappa shape index (κ3) is 3.13. The van der Waals surface area contributed by atoms with Crippen molar-refractivity contribution in [1.29, 1.82) is 0 Å². The molecule has 0 aromatic heterocycles. The van der Waals surface area contributed by atoms with Crippen LogP contribution in [0.1, 0.15) is 30.1 Å². The summed E-state index contributed by atoms with van der Waals surface area (Å²) in [5, 5.41) is 3.08. The highest BCUT2D eigenvalue weighted by Gasteiger charge is 2.36. The second kappa shape index (κ2) is 6.22. The summed E-state index contributed by atoms with van der Waals surface area (Å²) in [6, 6.07) is 6.71. The Bertz CT molecular complexity index is 593. The summed E-state index contributed by atoms with van der Waals surface area (Å²) < 4.78 is 9.65. The van der Waals surface area contributed by atoms with Gasteiger partial charge in [-0.05, 0) is 55.9 Å². The summed E-state index contributed by atoms with van der Waals surface area (Å²) in [5.74, 6) is 1.36. The van der Waals surface area contributed by atoms with Crippen LogP contribution in [0.4, 0.5) is 4.79 Å². The number of hydrogen-bond acceptors (Lipinski definition) is 4. The molecule has 0 spiro atoms. The molecule has 3 unspecified atom stereocenters.